The van der Waals surface area contributed by atoms with Gasteiger partial charge in [-0.1, -0.05) is 0 Å². The normalized spacial score (nSPS) is 11.3. The average Bonchev–Trinajstić information content (AvgIpc) is 1.99. The van der Waals surface area contributed by atoms with Crippen LogP contribution in [-0.2, 0) is 22.9 Å². The Hall–Kier alpha value is -0.560. The van der Waals surface area contributed by atoms with Crippen LogP contribution in [0, 0.1) is 0 Å². The fourth-order valence-corrected chi connectivity index (χ4v) is 1.19. The summed E-state index contributed by atoms with van der Waals surface area (Å²) in [6, 6.07) is 0. The molecule has 0 amide bonds. The second kappa shape index (κ2) is 4.61. The molecular weight excluding hydrogens is 229 g/mol. The van der Waals surface area contributed by atoms with Gasteiger partial charge >= 0.3 is 6.13 Å². The molecule has 0 aliphatic rings. The second-order valence-corrected chi connectivity index (χ2v) is 5.61. The Morgan fingerprint density at radius 2 is 1.85 bits per heavy atom. The van der Waals surface area contributed by atoms with Crippen molar-refractivity contribution in [2.45, 2.75) is 6.61 Å². The zero-order chi connectivity index (χ0) is 9.84. The molecule has 0 fully saturated rings. The molecule has 6 nitrogen and oxygen atoms in total. The van der Waals surface area contributed by atoms with Gasteiger partial charge in [0.05, 0.1) is 0 Å². The summed E-state index contributed by atoms with van der Waals surface area (Å²) in [5.41, 5.74) is 10.7. The summed E-state index contributed by atoms with van der Waals surface area (Å²) in [4.78, 5) is 11.2. The Morgan fingerprint density at radius 3 is 2.31 bits per heavy atom. The molecule has 1 heterocycles. The Kier molecular flexibility index (Phi) is 3.73. The van der Waals surface area contributed by atoms with Gasteiger partial charge in [-0.15, -0.1) is 0 Å². The molecule has 0 aliphatic heterocycles. The first-order valence-corrected chi connectivity index (χ1v) is 6.55. The largest absolute Gasteiger partial charge is 0.411 e. The number of rotatable bonds is 3. The van der Waals surface area contributed by atoms with E-state index in [-0.39, 0.29) is 18.5 Å². The zero-order valence-corrected chi connectivity index (χ0v) is 9.02. The van der Waals surface area contributed by atoms with Gasteiger partial charge in [0.25, 0.3) is 0 Å². The summed E-state index contributed by atoms with van der Waals surface area (Å²) in [5, 5.41) is 0. The summed E-state index contributed by atoms with van der Waals surface area (Å²) in [7, 11) is 0. The third kappa shape index (κ3) is 3.77. The van der Waals surface area contributed by atoms with Crippen molar-refractivity contribution in [3.63, 3.8) is 0 Å². The first-order valence-electron chi connectivity index (χ1n) is 3.13. The molecular formula is C4H7N5OPS2+. The van der Waals surface area contributed by atoms with Crippen LogP contribution in [0.2, 0.25) is 0 Å². The van der Waals surface area contributed by atoms with Crippen molar-refractivity contribution in [3.8, 4) is 0 Å². The van der Waals surface area contributed by atoms with Gasteiger partial charge in [0.15, 0.2) is 12.4 Å². The van der Waals surface area contributed by atoms with Gasteiger partial charge in [-0.3, -0.25) is 0 Å². The molecule has 1 unspecified atom stereocenters. The van der Waals surface area contributed by atoms with Crippen molar-refractivity contribution >= 4 is 42.1 Å². The minimum absolute atomic E-state index is 0.0685. The van der Waals surface area contributed by atoms with E-state index in [9.17, 15) is 0 Å². The van der Waals surface area contributed by atoms with Gasteiger partial charge < -0.3 is 11.5 Å². The second-order valence-electron chi connectivity index (χ2n) is 1.98. The highest BCUT2D eigenvalue weighted by atomic mass is 32.9. The van der Waals surface area contributed by atoms with Gasteiger partial charge in [-0.2, -0.15) is 19.5 Å². The van der Waals surface area contributed by atoms with Crippen LogP contribution >= 0.6 is 18.4 Å². The molecule has 1 aromatic heterocycles. The van der Waals surface area contributed by atoms with E-state index in [1.807, 2.05) is 0 Å². The smallest absolute Gasteiger partial charge is 0.368 e. The molecule has 0 aliphatic carbocycles. The quantitative estimate of drug-likeness (QED) is 0.511. The van der Waals surface area contributed by atoms with Gasteiger partial charge in [0.1, 0.15) is 12.2 Å². The molecule has 70 valence electrons. The fourth-order valence-electron chi connectivity index (χ4n) is 0.634. The Labute approximate surface area is 85.8 Å². The van der Waals surface area contributed by atoms with Crippen molar-refractivity contribution in [1.82, 2.24) is 15.0 Å². The number of nitrogen functional groups attached to an aromatic ring is 2. The van der Waals surface area contributed by atoms with Crippen molar-refractivity contribution < 1.29 is 4.52 Å². The van der Waals surface area contributed by atoms with Crippen molar-refractivity contribution in [1.29, 1.82) is 0 Å². The van der Waals surface area contributed by atoms with Crippen LogP contribution in [0.15, 0.2) is 0 Å². The van der Waals surface area contributed by atoms with E-state index in [1.54, 1.807) is 0 Å². The van der Waals surface area contributed by atoms with Crippen LogP contribution in [0.3, 0.4) is 0 Å². The molecule has 0 saturated heterocycles. The highest BCUT2D eigenvalue weighted by molar-refractivity contribution is 8.54. The summed E-state index contributed by atoms with van der Waals surface area (Å²) in [5.74, 6) is 0.495. The molecule has 0 bridgehead atoms. The molecule has 1 aromatic rings. The number of nitrogens with zero attached hydrogens (tertiary/aromatic N) is 3. The van der Waals surface area contributed by atoms with Gasteiger partial charge in [0.2, 0.25) is 23.7 Å². The third-order valence-electron chi connectivity index (χ3n) is 1.02. The lowest BCUT2D eigenvalue weighted by Crippen LogP contribution is -2.06. The molecule has 1 atom stereocenters. The van der Waals surface area contributed by atoms with Crippen molar-refractivity contribution in [2.24, 2.45) is 0 Å². The van der Waals surface area contributed by atoms with Gasteiger partial charge in [-0.25, -0.2) is 0 Å². The van der Waals surface area contributed by atoms with Crippen LogP contribution < -0.4 is 11.5 Å². The first kappa shape index (κ1) is 10.5. The number of hydrogen-bond donors (Lipinski definition) is 3. The maximum atomic E-state index is 5.33. The lowest BCUT2D eigenvalue weighted by Gasteiger charge is -1.97. The van der Waals surface area contributed by atoms with E-state index in [4.69, 9.17) is 27.8 Å². The van der Waals surface area contributed by atoms with Crippen LogP contribution in [-0.4, -0.2) is 15.0 Å². The molecule has 0 spiro atoms. The number of aromatic nitrogens is 3. The van der Waals surface area contributed by atoms with Gasteiger partial charge in [-0.05, 0) is 0 Å². The maximum absolute atomic E-state index is 5.33. The van der Waals surface area contributed by atoms with E-state index >= 15 is 0 Å². The monoisotopic (exact) mass is 236 g/mol. The first-order chi connectivity index (χ1) is 6.08. The van der Waals surface area contributed by atoms with Crippen LogP contribution in [0.4, 0.5) is 11.9 Å². The molecule has 13 heavy (non-hydrogen) atoms. The van der Waals surface area contributed by atoms with Crippen LogP contribution in [0.25, 0.3) is 0 Å². The molecule has 0 radical (unpaired) electrons. The SMILES string of the molecule is Nc1nc(N)nc(CO[P+](=S)S)n1. The number of nitrogens with two attached hydrogens (primary N) is 2. The number of thiol groups is 1. The Balaban J connectivity index is 2.71. The Bertz CT molecular complexity index is 314. The number of hydrogen-bond acceptors (Lipinski definition) is 7. The molecule has 0 aromatic carbocycles. The summed E-state index contributed by atoms with van der Waals surface area (Å²) < 4.78 is 5.02. The summed E-state index contributed by atoms with van der Waals surface area (Å²) in [6.07, 6.45) is -1.15. The van der Waals surface area contributed by atoms with E-state index in [1.165, 1.54) is 0 Å². The lowest BCUT2D eigenvalue weighted by molar-refractivity contribution is 0.345. The third-order valence-corrected chi connectivity index (χ3v) is 2.03. The van der Waals surface area contributed by atoms with E-state index in [0.717, 1.165) is 0 Å². The van der Waals surface area contributed by atoms with Crippen LogP contribution in [0.5, 0.6) is 0 Å². The topological polar surface area (TPSA) is 99.9 Å². The minimum Gasteiger partial charge on any atom is -0.368 e. The summed E-state index contributed by atoms with van der Waals surface area (Å²) in [6.45, 7) is 0.148. The van der Waals surface area contributed by atoms with Gasteiger partial charge in [0, 0.05) is 0 Å². The van der Waals surface area contributed by atoms with E-state index < -0.39 is 6.13 Å². The Morgan fingerprint density at radius 1 is 1.31 bits per heavy atom. The van der Waals surface area contributed by atoms with Crippen molar-refractivity contribution in [2.75, 3.05) is 11.5 Å². The zero-order valence-electron chi connectivity index (χ0n) is 6.41. The highest BCUT2D eigenvalue weighted by Crippen LogP contribution is 2.28. The van der Waals surface area contributed by atoms with E-state index in [2.05, 4.69) is 27.2 Å². The number of anilines is 2. The average molecular weight is 236 g/mol. The highest BCUT2D eigenvalue weighted by Gasteiger charge is 2.08. The molecule has 4 N–H and O–H groups in total. The minimum atomic E-state index is -1.15. The molecule has 1 rings (SSSR count). The fraction of sp³-hybridized carbons (Fsp3) is 0.250. The predicted molar refractivity (Wildman–Crippen MR) is 56.7 cm³/mol. The van der Waals surface area contributed by atoms with Crippen LogP contribution in [0.1, 0.15) is 5.82 Å². The standard InChI is InChI=1S/C4H6N5OPS2/c5-3-7-2(1-10-11(12)13)8-4(6)9-3/h1H2,(H4-,5,6,7,8,9,12,13)/p+1. The lowest BCUT2D eigenvalue weighted by atomic mass is 10.6. The predicted octanol–water partition coefficient (Wildman–Crippen LogP) is 0.256. The maximum Gasteiger partial charge on any atom is 0.411 e. The van der Waals surface area contributed by atoms with Crippen molar-refractivity contribution in [3.05, 3.63) is 5.82 Å². The molecule has 9 heteroatoms. The van der Waals surface area contributed by atoms with E-state index in [0.29, 0.717) is 5.82 Å². The molecule has 0 saturated carbocycles. The summed E-state index contributed by atoms with van der Waals surface area (Å²) >= 11 is 8.62.